The van der Waals surface area contributed by atoms with Crippen LogP contribution in [0.1, 0.15) is 32.6 Å². The fourth-order valence-electron chi connectivity index (χ4n) is 2.62. The molecule has 0 saturated heterocycles. The lowest BCUT2D eigenvalue weighted by Crippen LogP contribution is -2.19. The zero-order valence-corrected chi connectivity index (χ0v) is 11.4. The van der Waals surface area contributed by atoms with Gasteiger partial charge in [-0.3, -0.25) is 4.98 Å². The van der Waals surface area contributed by atoms with Crippen LogP contribution in [0.5, 0.6) is 0 Å². The van der Waals surface area contributed by atoms with Crippen LogP contribution in [0.15, 0.2) is 30.5 Å². The van der Waals surface area contributed by atoms with Gasteiger partial charge in [-0.1, -0.05) is 19.8 Å². The summed E-state index contributed by atoms with van der Waals surface area (Å²) in [5, 5.41) is 4.80. The quantitative estimate of drug-likeness (QED) is 0.799. The first-order chi connectivity index (χ1) is 9.28. The lowest BCUT2D eigenvalue weighted by atomic mass is 10.1. The fourth-order valence-corrected chi connectivity index (χ4v) is 2.62. The van der Waals surface area contributed by atoms with Crippen LogP contribution in [0.2, 0.25) is 0 Å². The Bertz CT molecular complexity index is 575. The van der Waals surface area contributed by atoms with Crippen LogP contribution in [-0.4, -0.2) is 11.0 Å². The molecule has 0 bridgehead atoms. The number of nitrogen functional groups attached to an aromatic ring is 1. The zero-order valence-electron chi connectivity index (χ0n) is 11.4. The lowest BCUT2D eigenvalue weighted by molar-refractivity contribution is 0.587. The number of hydrogen-bond donors (Lipinski definition) is 2. The molecule has 1 aliphatic rings. The molecule has 3 rings (SSSR count). The van der Waals surface area contributed by atoms with E-state index in [0.29, 0.717) is 6.04 Å². The van der Waals surface area contributed by atoms with Crippen LogP contribution in [0.3, 0.4) is 0 Å². The molecule has 0 amide bonds. The number of nitrogens with one attached hydrogen (secondary N) is 1. The first kappa shape index (κ1) is 12.3. The molecule has 1 aromatic heterocycles. The van der Waals surface area contributed by atoms with E-state index in [-0.39, 0.29) is 0 Å². The monoisotopic (exact) mass is 255 g/mol. The number of rotatable bonds is 5. The van der Waals surface area contributed by atoms with Gasteiger partial charge in [0, 0.05) is 23.3 Å². The van der Waals surface area contributed by atoms with Crippen LogP contribution in [0.25, 0.3) is 10.9 Å². The summed E-state index contributed by atoms with van der Waals surface area (Å²) in [6.07, 6.45) is 7.04. The molecular formula is C16H21N3. The highest BCUT2D eigenvalue weighted by molar-refractivity contribution is 5.98. The Kier molecular flexibility index (Phi) is 3.28. The average molecular weight is 255 g/mol. The van der Waals surface area contributed by atoms with Gasteiger partial charge in [0.15, 0.2) is 0 Å². The van der Waals surface area contributed by atoms with Crippen molar-refractivity contribution in [3.05, 3.63) is 30.5 Å². The molecule has 0 aliphatic heterocycles. The van der Waals surface area contributed by atoms with Gasteiger partial charge in [0.05, 0.1) is 11.2 Å². The minimum Gasteiger partial charge on any atom is -0.397 e. The van der Waals surface area contributed by atoms with Crippen LogP contribution < -0.4 is 11.1 Å². The molecular weight excluding hydrogens is 234 g/mol. The first-order valence-electron chi connectivity index (χ1n) is 7.17. The van der Waals surface area contributed by atoms with E-state index in [1.165, 1.54) is 19.3 Å². The number of nitrogens with two attached hydrogens (primary N) is 1. The van der Waals surface area contributed by atoms with E-state index in [1.807, 2.05) is 12.1 Å². The molecule has 0 radical (unpaired) electrons. The smallest absolute Gasteiger partial charge is 0.0951 e. The Morgan fingerprint density at radius 3 is 2.95 bits per heavy atom. The van der Waals surface area contributed by atoms with Crippen molar-refractivity contribution in [1.29, 1.82) is 0 Å². The number of benzene rings is 1. The summed E-state index contributed by atoms with van der Waals surface area (Å²) in [6, 6.07) is 8.63. The predicted molar refractivity (Wildman–Crippen MR) is 81.2 cm³/mol. The Morgan fingerprint density at radius 1 is 1.37 bits per heavy atom. The highest BCUT2D eigenvalue weighted by atomic mass is 14.9. The maximum absolute atomic E-state index is 5.99. The summed E-state index contributed by atoms with van der Waals surface area (Å²) >= 11 is 0. The summed E-state index contributed by atoms with van der Waals surface area (Å²) in [7, 11) is 0. The van der Waals surface area contributed by atoms with Crippen LogP contribution >= 0.6 is 0 Å². The summed E-state index contributed by atoms with van der Waals surface area (Å²) in [5.41, 5.74) is 8.79. The van der Waals surface area contributed by atoms with Gasteiger partial charge in [0.1, 0.15) is 0 Å². The van der Waals surface area contributed by atoms with Crippen molar-refractivity contribution in [2.45, 2.75) is 38.6 Å². The summed E-state index contributed by atoms with van der Waals surface area (Å²) in [6.45, 7) is 2.25. The molecule has 2 aromatic rings. The van der Waals surface area contributed by atoms with E-state index in [1.54, 1.807) is 6.20 Å². The van der Waals surface area contributed by atoms with E-state index >= 15 is 0 Å². The van der Waals surface area contributed by atoms with Gasteiger partial charge in [-0.05, 0) is 43.0 Å². The average Bonchev–Trinajstić information content (AvgIpc) is 3.25. The van der Waals surface area contributed by atoms with Crippen LogP contribution in [-0.2, 0) is 0 Å². The van der Waals surface area contributed by atoms with E-state index < -0.39 is 0 Å². The second-order valence-electron chi connectivity index (χ2n) is 5.53. The molecule has 1 fully saturated rings. The van der Waals surface area contributed by atoms with E-state index in [4.69, 9.17) is 5.73 Å². The van der Waals surface area contributed by atoms with Gasteiger partial charge < -0.3 is 11.1 Å². The Morgan fingerprint density at radius 2 is 2.21 bits per heavy atom. The third-order valence-corrected chi connectivity index (χ3v) is 3.97. The zero-order chi connectivity index (χ0) is 13.2. The molecule has 1 atom stereocenters. The largest absolute Gasteiger partial charge is 0.397 e. The van der Waals surface area contributed by atoms with Gasteiger partial charge in [0.25, 0.3) is 0 Å². The highest BCUT2D eigenvalue weighted by Gasteiger charge is 2.24. The van der Waals surface area contributed by atoms with Crippen molar-refractivity contribution in [2.75, 3.05) is 11.1 Å². The third-order valence-electron chi connectivity index (χ3n) is 3.97. The molecule has 3 nitrogen and oxygen atoms in total. The molecule has 3 N–H and O–H groups in total. The van der Waals surface area contributed by atoms with E-state index in [0.717, 1.165) is 34.6 Å². The van der Waals surface area contributed by atoms with Crippen molar-refractivity contribution >= 4 is 22.3 Å². The molecule has 19 heavy (non-hydrogen) atoms. The second kappa shape index (κ2) is 5.08. The molecule has 1 aliphatic carbocycles. The van der Waals surface area contributed by atoms with Gasteiger partial charge >= 0.3 is 0 Å². The van der Waals surface area contributed by atoms with Crippen molar-refractivity contribution in [1.82, 2.24) is 4.98 Å². The number of pyridine rings is 1. The topological polar surface area (TPSA) is 50.9 Å². The standard InChI is InChI=1S/C16H21N3/c1-2-12(10-11-5-6-11)19-15-8-7-14(17)16-13(15)4-3-9-18-16/h3-4,7-9,11-12,19H,2,5-6,10,17H2,1H3. The number of nitrogens with zero attached hydrogens (tertiary/aromatic N) is 1. The Hall–Kier alpha value is -1.77. The predicted octanol–water partition coefficient (Wildman–Crippen LogP) is 3.81. The summed E-state index contributed by atoms with van der Waals surface area (Å²) < 4.78 is 0. The Labute approximate surface area is 114 Å². The SMILES string of the molecule is CCC(CC1CC1)Nc1ccc(N)c2ncccc12. The van der Waals surface area contributed by atoms with Gasteiger partial charge in [-0.25, -0.2) is 0 Å². The van der Waals surface area contributed by atoms with Crippen LogP contribution in [0, 0.1) is 5.92 Å². The molecule has 1 saturated carbocycles. The van der Waals surface area contributed by atoms with Crippen LogP contribution in [0.4, 0.5) is 11.4 Å². The van der Waals surface area contributed by atoms with E-state index in [9.17, 15) is 0 Å². The second-order valence-corrected chi connectivity index (χ2v) is 5.53. The number of anilines is 2. The van der Waals surface area contributed by atoms with Gasteiger partial charge in [-0.2, -0.15) is 0 Å². The minimum absolute atomic E-state index is 0.555. The Balaban J connectivity index is 1.89. The molecule has 1 unspecified atom stereocenters. The third kappa shape index (κ3) is 2.65. The van der Waals surface area contributed by atoms with Gasteiger partial charge in [0.2, 0.25) is 0 Å². The van der Waals surface area contributed by atoms with Crippen molar-refractivity contribution in [3.8, 4) is 0 Å². The number of aromatic nitrogens is 1. The molecule has 100 valence electrons. The number of hydrogen-bond acceptors (Lipinski definition) is 3. The molecule has 3 heteroatoms. The summed E-state index contributed by atoms with van der Waals surface area (Å²) in [5.74, 6) is 0.940. The molecule has 0 spiro atoms. The maximum atomic E-state index is 5.99. The molecule has 1 aromatic carbocycles. The van der Waals surface area contributed by atoms with Crippen molar-refractivity contribution in [3.63, 3.8) is 0 Å². The van der Waals surface area contributed by atoms with Gasteiger partial charge in [-0.15, -0.1) is 0 Å². The highest BCUT2D eigenvalue weighted by Crippen LogP contribution is 2.35. The van der Waals surface area contributed by atoms with Crippen molar-refractivity contribution < 1.29 is 0 Å². The van der Waals surface area contributed by atoms with E-state index in [2.05, 4.69) is 29.4 Å². The van der Waals surface area contributed by atoms with Crippen molar-refractivity contribution in [2.24, 2.45) is 5.92 Å². The lowest BCUT2D eigenvalue weighted by Gasteiger charge is -2.19. The maximum Gasteiger partial charge on any atom is 0.0951 e. The minimum atomic E-state index is 0.555. The fraction of sp³-hybridized carbons (Fsp3) is 0.438. The molecule has 1 heterocycles. The normalized spacial score (nSPS) is 16.5. The summed E-state index contributed by atoms with van der Waals surface area (Å²) in [4.78, 5) is 4.38. The number of fused-ring (bicyclic) bond motifs is 1. The first-order valence-corrected chi connectivity index (χ1v) is 7.17.